The van der Waals surface area contributed by atoms with E-state index >= 15 is 0 Å². The molecule has 0 saturated heterocycles. The summed E-state index contributed by atoms with van der Waals surface area (Å²) in [5, 5.41) is 5.60. The number of halogens is 3. The molecule has 2 nitrogen and oxygen atoms in total. The Balaban J connectivity index is 2.16. The van der Waals surface area contributed by atoms with Gasteiger partial charge < -0.3 is 10.6 Å². The van der Waals surface area contributed by atoms with E-state index in [1.807, 2.05) is 25.1 Å². The molecule has 21 heavy (non-hydrogen) atoms. The molecule has 0 bridgehead atoms. The van der Waals surface area contributed by atoms with Crippen LogP contribution in [0, 0.1) is 6.92 Å². The van der Waals surface area contributed by atoms with Crippen LogP contribution in [0.5, 0.6) is 0 Å². The Kier molecular flexibility index (Phi) is 4.47. The van der Waals surface area contributed by atoms with Crippen LogP contribution in [0.15, 0.2) is 48.5 Å². The van der Waals surface area contributed by atoms with Crippen LogP contribution >= 0.6 is 12.2 Å². The largest absolute Gasteiger partial charge is 0.418 e. The molecule has 0 unspecified atom stereocenters. The van der Waals surface area contributed by atoms with Crippen molar-refractivity contribution >= 4 is 28.7 Å². The summed E-state index contributed by atoms with van der Waals surface area (Å²) >= 11 is 5.07. The Bertz CT molecular complexity index is 653. The van der Waals surface area contributed by atoms with Crippen molar-refractivity contribution in [3.63, 3.8) is 0 Å². The number of aryl methyl sites for hydroxylation is 1. The first kappa shape index (κ1) is 15.3. The topological polar surface area (TPSA) is 24.1 Å². The van der Waals surface area contributed by atoms with Crippen molar-refractivity contribution in [1.82, 2.24) is 0 Å². The van der Waals surface area contributed by atoms with Crippen LogP contribution in [0.4, 0.5) is 24.5 Å². The van der Waals surface area contributed by atoms with E-state index in [0.717, 1.165) is 17.3 Å². The zero-order valence-corrected chi connectivity index (χ0v) is 12.0. The summed E-state index contributed by atoms with van der Waals surface area (Å²) in [6, 6.07) is 12.6. The summed E-state index contributed by atoms with van der Waals surface area (Å²) in [6.45, 7) is 1.88. The number of hydrogen-bond donors (Lipinski definition) is 2. The average Bonchev–Trinajstić information content (AvgIpc) is 2.41. The van der Waals surface area contributed by atoms with E-state index in [-0.39, 0.29) is 10.8 Å². The summed E-state index contributed by atoms with van der Waals surface area (Å²) in [5.74, 6) is 0. The molecule has 0 spiro atoms. The van der Waals surface area contributed by atoms with Gasteiger partial charge in [-0.1, -0.05) is 30.3 Å². The van der Waals surface area contributed by atoms with E-state index in [1.54, 1.807) is 6.07 Å². The Morgan fingerprint density at radius 1 is 0.905 bits per heavy atom. The molecule has 2 aromatic carbocycles. The molecule has 2 aromatic rings. The molecule has 0 saturated carbocycles. The quantitative estimate of drug-likeness (QED) is 0.777. The number of benzene rings is 2. The highest BCUT2D eigenvalue weighted by Gasteiger charge is 2.33. The van der Waals surface area contributed by atoms with Crippen LogP contribution in [0.3, 0.4) is 0 Å². The molecule has 2 rings (SSSR count). The van der Waals surface area contributed by atoms with Gasteiger partial charge in [0.15, 0.2) is 5.11 Å². The first-order valence-electron chi connectivity index (χ1n) is 6.18. The Morgan fingerprint density at radius 2 is 1.43 bits per heavy atom. The first-order chi connectivity index (χ1) is 9.88. The van der Waals surface area contributed by atoms with Crippen molar-refractivity contribution < 1.29 is 13.2 Å². The van der Waals surface area contributed by atoms with Crippen molar-refractivity contribution in [1.29, 1.82) is 0 Å². The summed E-state index contributed by atoms with van der Waals surface area (Å²) in [4.78, 5) is 0. The van der Waals surface area contributed by atoms with E-state index in [2.05, 4.69) is 10.6 Å². The standard InChI is InChI=1S/C15H13F3N2S/c1-10-6-2-4-8-12(10)19-14(21)20-13-9-5-3-7-11(13)15(16,17)18/h2-9H,1H3,(H2,19,20,21). The molecule has 2 N–H and O–H groups in total. The minimum Gasteiger partial charge on any atom is -0.332 e. The van der Waals surface area contributed by atoms with Gasteiger partial charge in [0.2, 0.25) is 0 Å². The van der Waals surface area contributed by atoms with Crippen LogP contribution in [0.2, 0.25) is 0 Å². The molecular formula is C15H13F3N2S. The number of hydrogen-bond acceptors (Lipinski definition) is 1. The number of para-hydroxylation sites is 2. The maximum absolute atomic E-state index is 12.9. The zero-order chi connectivity index (χ0) is 15.5. The van der Waals surface area contributed by atoms with E-state index in [4.69, 9.17) is 12.2 Å². The molecule has 0 amide bonds. The molecule has 0 aliphatic rings. The average molecular weight is 310 g/mol. The lowest BCUT2D eigenvalue weighted by atomic mass is 10.1. The van der Waals surface area contributed by atoms with Crippen molar-refractivity contribution in [3.05, 3.63) is 59.7 Å². The second-order valence-corrected chi connectivity index (χ2v) is 4.85. The number of rotatable bonds is 2. The van der Waals surface area contributed by atoms with Gasteiger partial charge in [-0.25, -0.2) is 0 Å². The van der Waals surface area contributed by atoms with Gasteiger partial charge in [0, 0.05) is 5.69 Å². The molecule has 110 valence electrons. The van der Waals surface area contributed by atoms with Crippen molar-refractivity contribution in [3.8, 4) is 0 Å². The lowest BCUT2D eigenvalue weighted by Crippen LogP contribution is -2.21. The second kappa shape index (κ2) is 6.13. The number of nitrogens with one attached hydrogen (secondary N) is 2. The fourth-order valence-electron chi connectivity index (χ4n) is 1.83. The number of thiocarbonyl (C=S) groups is 1. The third-order valence-corrected chi connectivity index (χ3v) is 3.08. The third kappa shape index (κ3) is 3.95. The van der Waals surface area contributed by atoms with E-state index in [9.17, 15) is 13.2 Å². The van der Waals surface area contributed by atoms with Crippen LogP contribution in [0.1, 0.15) is 11.1 Å². The maximum Gasteiger partial charge on any atom is 0.418 e. The van der Waals surface area contributed by atoms with Crippen molar-refractivity contribution in [2.75, 3.05) is 10.6 Å². The number of alkyl halides is 3. The van der Waals surface area contributed by atoms with Gasteiger partial charge in [-0.05, 0) is 42.9 Å². The summed E-state index contributed by atoms with van der Waals surface area (Å²) in [6.07, 6.45) is -4.43. The molecular weight excluding hydrogens is 297 g/mol. The molecule has 0 atom stereocenters. The van der Waals surface area contributed by atoms with Gasteiger partial charge >= 0.3 is 6.18 Å². The highest BCUT2D eigenvalue weighted by Crippen LogP contribution is 2.34. The Morgan fingerprint density at radius 3 is 2.05 bits per heavy atom. The smallest absolute Gasteiger partial charge is 0.332 e. The minimum absolute atomic E-state index is 0.0731. The fourth-order valence-corrected chi connectivity index (χ4v) is 2.05. The Hall–Kier alpha value is -2.08. The third-order valence-electron chi connectivity index (χ3n) is 2.87. The maximum atomic E-state index is 12.9. The summed E-state index contributed by atoms with van der Waals surface area (Å²) in [5.41, 5.74) is 0.875. The van der Waals surface area contributed by atoms with E-state index in [1.165, 1.54) is 18.2 Å². The molecule has 6 heteroatoms. The molecule has 0 aliphatic carbocycles. The highest BCUT2D eigenvalue weighted by atomic mass is 32.1. The fraction of sp³-hybridized carbons (Fsp3) is 0.133. The first-order valence-corrected chi connectivity index (χ1v) is 6.58. The monoisotopic (exact) mass is 310 g/mol. The lowest BCUT2D eigenvalue weighted by Gasteiger charge is -2.16. The van der Waals surface area contributed by atoms with Gasteiger partial charge in [0.1, 0.15) is 0 Å². The van der Waals surface area contributed by atoms with E-state index in [0.29, 0.717) is 0 Å². The minimum atomic E-state index is -4.43. The van der Waals surface area contributed by atoms with Gasteiger partial charge in [-0.15, -0.1) is 0 Å². The van der Waals surface area contributed by atoms with Crippen molar-refractivity contribution in [2.45, 2.75) is 13.1 Å². The molecule has 0 radical (unpaired) electrons. The van der Waals surface area contributed by atoms with Gasteiger partial charge in [0.05, 0.1) is 11.3 Å². The molecule has 0 aromatic heterocycles. The molecule has 0 fully saturated rings. The lowest BCUT2D eigenvalue weighted by molar-refractivity contribution is -0.136. The van der Waals surface area contributed by atoms with Gasteiger partial charge in [-0.3, -0.25) is 0 Å². The normalized spacial score (nSPS) is 11.0. The predicted molar refractivity (Wildman–Crippen MR) is 82.5 cm³/mol. The van der Waals surface area contributed by atoms with Crippen molar-refractivity contribution in [2.24, 2.45) is 0 Å². The van der Waals surface area contributed by atoms with Gasteiger partial charge in [-0.2, -0.15) is 13.2 Å². The molecule has 0 aliphatic heterocycles. The second-order valence-electron chi connectivity index (χ2n) is 4.44. The summed E-state index contributed by atoms with van der Waals surface area (Å²) < 4.78 is 38.7. The Labute approximate surface area is 126 Å². The number of anilines is 2. The van der Waals surface area contributed by atoms with Gasteiger partial charge in [0.25, 0.3) is 0 Å². The summed E-state index contributed by atoms with van der Waals surface area (Å²) in [7, 11) is 0. The zero-order valence-electron chi connectivity index (χ0n) is 11.2. The van der Waals surface area contributed by atoms with Crippen LogP contribution in [0.25, 0.3) is 0 Å². The highest BCUT2D eigenvalue weighted by molar-refractivity contribution is 7.80. The van der Waals surface area contributed by atoms with Crippen LogP contribution in [-0.2, 0) is 6.18 Å². The van der Waals surface area contributed by atoms with Crippen LogP contribution in [-0.4, -0.2) is 5.11 Å². The van der Waals surface area contributed by atoms with Crippen LogP contribution < -0.4 is 10.6 Å². The molecule has 0 heterocycles. The predicted octanol–water partition coefficient (Wildman–Crippen LogP) is 4.82. The van der Waals surface area contributed by atoms with E-state index < -0.39 is 11.7 Å². The SMILES string of the molecule is Cc1ccccc1NC(=S)Nc1ccccc1C(F)(F)F.